The van der Waals surface area contributed by atoms with Crippen LogP contribution in [0, 0.1) is 6.92 Å². The van der Waals surface area contributed by atoms with Crippen molar-refractivity contribution >= 4 is 0 Å². The van der Waals surface area contributed by atoms with Crippen LogP contribution in [0.1, 0.15) is 44.4 Å². The maximum atomic E-state index is 9.66. The Balaban J connectivity index is 2.70. The molecule has 0 unspecified atom stereocenters. The first-order chi connectivity index (χ1) is 7.79. The number of hydrogen-bond donors (Lipinski definition) is 2. The Bertz CT molecular complexity index is 364. The fourth-order valence-corrected chi connectivity index (χ4v) is 1.54. The second-order valence-electron chi connectivity index (χ2n) is 5.13. The third-order valence-electron chi connectivity index (χ3n) is 2.59. The molecule has 1 aromatic rings. The Morgan fingerprint density at radius 2 is 2.00 bits per heavy atom. The van der Waals surface area contributed by atoms with E-state index in [2.05, 4.69) is 0 Å². The predicted octanol–water partition coefficient (Wildman–Crippen LogP) is 2.59. The highest BCUT2D eigenvalue weighted by atomic mass is 16.5. The molecule has 1 aromatic carbocycles. The van der Waals surface area contributed by atoms with Crippen molar-refractivity contribution in [1.82, 2.24) is 0 Å². The smallest absolute Gasteiger partial charge is 0.125 e. The zero-order valence-electron chi connectivity index (χ0n) is 11.0. The molecular weight excluding hydrogens is 216 g/mol. The minimum absolute atomic E-state index is 0.437. The summed E-state index contributed by atoms with van der Waals surface area (Å²) in [7, 11) is 0. The maximum absolute atomic E-state index is 9.66. The van der Waals surface area contributed by atoms with Gasteiger partial charge in [-0.15, -0.1) is 0 Å². The highest BCUT2D eigenvalue weighted by Gasteiger charge is 2.14. The number of aliphatic hydroxyl groups excluding tert-OH is 1. The zero-order chi connectivity index (χ0) is 13.1. The predicted molar refractivity (Wildman–Crippen MR) is 68.2 cm³/mol. The van der Waals surface area contributed by atoms with Gasteiger partial charge in [-0.25, -0.2) is 0 Å². The van der Waals surface area contributed by atoms with Crippen LogP contribution in [0.15, 0.2) is 18.2 Å². The van der Waals surface area contributed by atoms with Crippen molar-refractivity contribution in [1.29, 1.82) is 0 Å². The molecule has 0 aliphatic rings. The van der Waals surface area contributed by atoms with Gasteiger partial charge in [-0.2, -0.15) is 0 Å². The van der Waals surface area contributed by atoms with Crippen molar-refractivity contribution in [2.45, 2.75) is 45.8 Å². The zero-order valence-corrected chi connectivity index (χ0v) is 11.0. The molecule has 0 saturated heterocycles. The van der Waals surface area contributed by atoms with E-state index < -0.39 is 11.7 Å². The van der Waals surface area contributed by atoms with Gasteiger partial charge in [0.2, 0.25) is 0 Å². The van der Waals surface area contributed by atoms with Crippen LogP contribution in [0.25, 0.3) is 0 Å². The standard InChI is InChI=1S/C14H22O3/c1-10-5-6-13(12(9-10)11(2)15)17-8-7-14(3,4)16/h5-6,9,11,15-16H,7-8H2,1-4H3/t11-/m0/s1. The van der Waals surface area contributed by atoms with Gasteiger partial charge in [-0.3, -0.25) is 0 Å². The van der Waals surface area contributed by atoms with E-state index in [4.69, 9.17) is 4.74 Å². The molecule has 0 radical (unpaired) electrons. The van der Waals surface area contributed by atoms with Crippen LogP contribution in [0.4, 0.5) is 0 Å². The van der Waals surface area contributed by atoms with Crippen LogP contribution in [-0.2, 0) is 0 Å². The highest BCUT2D eigenvalue weighted by Crippen LogP contribution is 2.26. The summed E-state index contributed by atoms with van der Waals surface area (Å²) < 4.78 is 5.61. The van der Waals surface area contributed by atoms with Gasteiger partial charge in [-0.1, -0.05) is 11.6 Å². The first kappa shape index (κ1) is 14.0. The topological polar surface area (TPSA) is 49.7 Å². The van der Waals surface area contributed by atoms with E-state index in [1.54, 1.807) is 20.8 Å². The van der Waals surface area contributed by atoms with Crippen molar-refractivity contribution in [3.63, 3.8) is 0 Å². The summed E-state index contributed by atoms with van der Waals surface area (Å²) in [6.45, 7) is 7.64. The molecule has 2 N–H and O–H groups in total. The number of aliphatic hydroxyl groups is 2. The van der Waals surface area contributed by atoms with Crippen LogP contribution in [-0.4, -0.2) is 22.4 Å². The summed E-state index contributed by atoms with van der Waals surface area (Å²) in [5.41, 5.74) is 1.16. The Labute approximate surface area is 103 Å². The Kier molecular flexibility index (Phi) is 4.54. The van der Waals surface area contributed by atoms with Crippen molar-refractivity contribution in [2.24, 2.45) is 0 Å². The molecule has 0 spiro atoms. The van der Waals surface area contributed by atoms with Crippen molar-refractivity contribution in [3.8, 4) is 5.75 Å². The van der Waals surface area contributed by atoms with E-state index in [0.29, 0.717) is 18.8 Å². The van der Waals surface area contributed by atoms with Crippen LogP contribution >= 0.6 is 0 Å². The lowest BCUT2D eigenvalue weighted by atomic mass is 10.1. The second-order valence-corrected chi connectivity index (χ2v) is 5.13. The van der Waals surface area contributed by atoms with Gasteiger partial charge in [-0.05, 0) is 39.8 Å². The first-order valence-electron chi connectivity index (χ1n) is 5.93. The van der Waals surface area contributed by atoms with E-state index in [0.717, 1.165) is 11.1 Å². The number of ether oxygens (including phenoxy) is 1. The molecule has 96 valence electrons. The molecular formula is C14H22O3. The van der Waals surface area contributed by atoms with Gasteiger partial charge in [0.25, 0.3) is 0 Å². The SMILES string of the molecule is Cc1ccc(OCCC(C)(C)O)c([C@H](C)O)c1. The molecule has 0 aliphatic heterocycles. The molecule has 0 fully saturated rings. The lowest BCUT2D eigenvalue weighted by Gasteiger charge is -2.19. The largest absolute Gasteiger partial charge is 0.493 e. The molecule has 1 rings (SSSR count). The normalized spacial score (nSPS) is 13.5. The molecule has 0 bridgehead atoms. The van der Waals surface area contributed by atoms with Gasteiger partial charge in [0, 0.05) is 12.0 Å². The number of aryl methyl sites for hydroxylation is 1. The lowest BCUT2D eigenvalue weighted by molar-refractivity contribution is 0.0548. The second kappa shape index (κ2) is 5.52. The third kappa shape index (κ3) is 4.75. The maximum Gasteiger partial charge on any atom is 0.125 e. The summed E-state index contributed by atoms with van der Waals surface area (Å²) >= 11 is 0. The van der Waals surface area contributed by atoms with Gasteiger partial charge in [0.05, 0.1) is 18.3 Å². The molecule has 0 heterocycles. The summed E-state index contributed by atoms with van der Waals surface area (Å²) in [5, 5.41) is 19.2. The van der Waals surface area contributed by atoms with Crippen LogP contribution < -0.4 is 4.74 Å². The molecule has 3 nitrogen and oxygen atoms in total. The van der Waals surface area contributed by atoms with E-state index in [9.17, 15) is 10.2 Å². The van der Waals surface area contributed by atoms with Gasteiger partial charge >= 0.3 is 0 Å². The summed E-state index contributed by atoms with van der Waals surface area (Å²) in [4.78, 5) is 0. The van der Waals surface area contributed by atoms with Crippen molar-refractivity contribution in [3.05, 3.63) is 29.3 Å². The van der Waals surface area contributed by atoms with E-state index in [-0.39, 0.29) is 0 Å². The van der Waals surface area contributed by atoms with Gasteiger partial charge in [0.15, 0.2) is 0 Å². The van der Waals surface area contributed by atoms with Crippen LogP contribution in [0.2, 0.25) is 0 Å². The highest BCUT2D eigenvalue weighted by molar-refractivity contribution is 5.38. The molecule has 0 aromatic heterocycles. The summed E-state index contributed by atoms with van der Waals surface area (Å²) in [6.07, 6.45) is 0.00664. The minimum Gasteiger partial charge on any atom is -0.493 e. The van der Waals surface area contributed by atoms with Gasteiger partial charge in [0.1, 0.15) is 5.75 Å². The summed E-state index contributed by atoms with van der Waals surface area (Å²) in [6, 6.07) is 5.73. The quantitative estimate of drug-likeness (QED) is 0.829. The average Bonchev–Trinajstić information content (AvgIpc) is 2.18. The third-order valence-corrected chi connectivity index (χ3v) is 2.59. The van der Waals surface area contributed by atoms with Crippen molar-refractivity contribution < 1.29 is 14.9 Å². The fourth-order valence-electron chi connectivity index (χ4n) is 1.54. The van der Waals surface area contributed by atoms with Crippen LogP contribution in [0.5, 0.6) is 5.75 Å². The Morgan fingerprint density at radius 1 is 1.35 bits per heavy atom. The molecule has 3 heteroatoms. The molecule has 1 atom stereocenters. The molecule has 0 aliphatic carbocycles. The van der Waals surface area contributed by atoms with E-state index in [1.807, 2.05) is 25.1 Å². The Morgan fingerprint density at radius 3 is 2.53 bits per heavy atom. The number of hydrogen-bond acceptors (Lipinski definition) is 3. The first-order valence-corrected chi connectivity index (χ1v) is 5.93. The van der Waals surface area contributed by atoms with Gasteiger partial charge < -0.3 is 14.9 Å². The van der Waals surface area contributed by atoms with E-state index >= 15 is 0 Å². The number of rotatable bonds is 5. The minimum atomic E-state index is -0.726. The monoisotopic (exact) mass is 238 g/mol. The molecule has 0 saturated carbocycles. The molecule has 0 amide bonds. The lowest BCUT2D eigenvalue weighted by Crippen LogP contribution is -2.22. The fraction of sp³-hybridized carbons (Fsp3) is 0.571. The van der Waals surface area contributed by atoms with Crippen molar-refractivity contribution in [2.75, 3.05) is 6.61 Å². The Hall–Kier alpha value is -1.06. The average molecular weight is 238 g/mol. The van der Waals surface area contributed by atoms with E-state index in [1.165, 1.54) is 0 Å². The molecule has 17 heavy (non-hydrogen) atoms. The summed E-state index contributed by atoms with van der Waals surface area (Å²) in [5.74, 6) is 0.690. The number of benzene rings is 1. The van der Waals surface area contributed by atoms with Crippen LogP contribution in [0.3, 0.4) is 0 Å².